The van der Waals surface area contributed by atoms with Crippen LogP contribution >= 0.6 is 0 Å². The third-order valence-electron chi connectivity index (χ3n) is 4.54. The minimum absolute atomic E-state index is 0.138. The lowest BCUT2D eigenvalue weighted by Gasteiger charge is -2.36. The molecule has 5 heteroatoms. The van der Waals surface area contributed by atoms with Gasteiger partial charge in [0.25, 0.3) is 5.91 Å². The Balaban J connectivity index is 1.81. The van der Waals surface area contributed by atoms with E-state index in [-0.39, 0.29) is 11.9 Å². The minimum atomic E-state index is 0.138. The number of carbonyl (C=O) groups excluding carboxylic acids is 1. The minimum Gasteiger partial charge on any atom is -0.347 e. The van der Waals surface area contributed by atoms with Crippen molar-refractivity contribution in [2.45, 2.75) is 45.7 Å². The van der Waals surface area contributed by atoms with Crippen molar-refractivity contribution < 1.29 is 4.79 Å². The summed E-state index contributed by atoms with van der Waals surface area (Å²) >= 11 is 0. The Morgan fingerprint density at radius 2 is 2.18 bits per heavy atom. The number of carbonyl (C=O) groups is 1. The molecule has 0 unspecified atom stereocenters. The number of likely N-dealkylation sites (tertiary alicyclic amines) is 1. The highest BCUT2D eigenvalue weighted by atomic mass is 16.2. The van der Waals surface area contributed by atoms with Crippen LogP contribution in [0, 0.1) is 13.8 Å². The first-order valence-corrected chi connectivity index (χ1v) is 7.99. The van der Waals surface area contributed by atoms with Gasteiger partial charge >= 0.3 is 0 Å². The number of aryl methyl sites for hydroxylation is 3. The molecule has 22 heavy (non-hydrogen) atoms. The van der Waals surface area contributed by atoms with Crippen LogP contribution in [0.4, 0.5) is 0 Å². The fourth-order valence-electron chi connectivity index (χ4n) is 3.35. The lowest BCUT2D eigenvalue weighted by atomic mass is 10.0. The number of amides is 1. The second-order valence-electron chi connectivity index (χ2n) is 6.26. The van der Waals surface area contributed by atoms with Gasteiger partial charge in [0.2, 0.25) is 0 Å². The second-order valence-corrected chi connectivity index (χ2v) is 6.26. The first kappa shape index (κ1) is 14.9. The standard InChI is InChI=1S/C17H24N4O/c1-13-11-14(2)21(18-13)12-15-7-4-5-10-20(15)17(22)16-8-6-9-19(16)3/h6,8-9,11,15H,4-5,7,10,12H2,1-3H3/t15-/m0/s1. The molecule has 2 aromatic heterocycles. The molecule has 1 aliphatic heterocycles. The quantitative estimate of drug-likeness (QED) is 0.874. The molecule has 0 radical (unpaired) electrons. The summed E-state index contributed by atoms with van der Waals surface area (Å²) in [7, 11) is 1.92. The topological polar surface area (TPSA) is 43.1 Å². The largest absolute Gasteiger partial charge is 0.347 e. The maximum absolute atomic E-state index is 12.8. The van der Waals surface area contributed by atoms with Crippen LogP contribution in [0.1, 0.15) is 41.1 Å². The van der Waals surface area contributed by atoms with Crippen molar-refractivity contribution in [1.82, 2.24) is 19.2 Å². The van der Waals surface area contributed by atoms with Gasteiger partial charge in [-0.3, -0.25) is 9.48 Å². The lowest BCUT2D eigenvalue weighted by molar-refractivity contribution is 0.0573. The van der Waals surface area contributed by atoms with Crippen molar-refractivity contribution in [2.75, 3.05) is 6.54 Å². The Labute approximate surface area is 131 Å². The van der Waals surface area contributed by atoms with Gasteiger partial charge in [-0.25, -0.2) is 0 Å². The monoisotopic (exact) mass is 300 g/mol. The molecule has 3 heterocycles. The molecule has 2 aromatic rings. The highest BCUT2D eigenvalue weighted by Crippen LogP contribution is 2.21. The van der Waals surface area contributed by atoms with Gasteiger partial charge in [-0.15, -0.1) is 0 Å². The number of rotatable bonds is 3. The average Bonchev–Trinajstić information content (AvgIpc) is 3.05. The van der Waals surface area contributed by atoms with Crippen LogP contribution < -0.4 is 0 Å². The van der Waals surface area contributed by atoms with Crippen molar-refractivity contribution in [3.8, 4) is 0 Å². The molecule has 1 aliphatic rings. The van der Waals surface area contributed by atoms with Crippen LogP contribution in [0.2, 0.25) is 0 Å². The van der Waals surface area contributed by atoms with Gasteiger partial charge in [0, 0.05) is 25.5 Å². The van der Waals surface area contributed by atoms with Gasteiger partial charge < -0.3 is 9.47 Å². The molecule has 1 saturated heterocycles. The molecule has 5 nitrogen and oxygen atoms in total. The molecule has 0 N–H and O–H groups in total. The van der Waals surface area contributed by atoms with Gasteiger partial charge in [0.05, 0.1) is 18.3 Å². The summed E-state index contributed by atoms with van der Waals surface area (Å²) in [6, 6.07) is 6.14. The zero-order valence-corrected chi connectivity index (χ0v) is 13.6. The van der Waals surface area contributed by atoms with Crippen molar-refractivity contribution in [2.24, 2.45) is 7.05 Å². The predicted octanol–water partition coefficient (Wildman–Crippen LogP) is 2.53. The van der Waals surface area contributed by atoms with Crippen molar-refractivity contribution >= 4 is 5.91 Å². The van der Waals surface area contributed by atoms with Crippen LogP contribution in [0.15, 0.2) is 24.4 Å². The summed E-state index contributed by atoms with van der Waals surface area (Å²) in [6.07, 6.45) is 5.24. The van der Waals surface area contributed by atoms with Gasteiger partial charge in [0.15, 0.2) is 0 Å². The van der Waals surface area contributed by atoms with Crippen LogP contribution in [0.25, 0.3) is 0 Å². The van der Waals surface area contributed by atoms with Gasteiger partial charge in [0.1, 0.15) is 5.69 Å². The van der Waals surface area contributed by atoms with Crippen LogP contribution in [-0.4, -0.2) is 37.7 Å². The summed E-state index contributed by atoms with van der Waals surface area (Å²) < 4.78 is 3.94. The molecule has 0 saturated carbocycles. The van der Waals surface area contributed by atoms with Crippen molar-refractivity contribution in [3.63, 3.8) is 0 Å². The number of hydrogen-bond acceptors (Lipinski definition) is 2. The first-order chi connectivity index (χ1) is 10.6. The molecule has 0 aromatic carbocycles. The van der Waals surface area contributed by atoms with Crippen molar-refractivity contribution in [1.29, 1.82) is 0 Å². The first-order valence-electron chi connectivity index (χ1n) is 7.99. The molecule has 118 valence electrons. The highest BCUT2D eigenvalue weighted by molar-refractivity contribution is 5.93. The number of aromatic nitrogens is 3. The van der Waals surface area contributed by atoms with E-state index in [0.717, 1.165) is 43.0 Å². The van der Waals surface area contributed by atoms with Crippen LogP contribution in [0.3, 0.4) is 0 Å². The van der Waals surface area contributed by atoms with Gasteiger partial charge in [-0.1, -0.05) is 0 Å². The summed E-state index contributed by atoms with van der Waals surface area (Å²) in [6.45, 7) is 5.72. The van der Waals surface area contributed by atoms with E-state index in [1.165, 1.54) is 6.42 Å². The molecular formula is C17H24N4O. The Kier molecular flexibility index (Phi) is 4.05. The van der Waals surface area contributed by atoms with E-state index in [9.17, 15) is 4.79 Å². The third kappa shape index (κ3) is 2.80. The van der Waals surface area contributed by atoms with E-state index in [1.54, 1.807) is 0 Å². The van der Waals surface area contributed by atoms with E-state index in [4.69, 9.17) is 0 Å². The van der Waals surface area contributed by atoms with E-state index in [0.29, 0.717) is 0 Å². The Morgan fingerprint density at radius 3 is 2.82 bits per heavy atom. The average molecular weight is 300 g/mol. The summed E-state index contributed by atoms with van der Waals surface area (Å²) in [5.74, 6) is 0.138. The van der Waals surface area contributed by atoms with E-state index in [2.05, 4.69) is 18.1 Å². The second kappa shape index (κ2) is 5.99. The van der Waals surface area contributed by atoms with Gasteiger partial charge in [-0.05, 0) is 51.3 Å². The van der Waals surface area contributed by atoms with E-state index in [1.807, 2.05) is 46.4 Å². The van der Waals surface area contributed by atoms with E-state index < -0.39 is 0 Å². The molecule has 1 amide bonds. The normalized spacial score (nSPS) is 18.7. The maximum Gasteiger partial charge on any atom is 0.270 e. The van der Waals surface area contributed by atoms with Crippen LogP contribution in [-0.2, 0) is 13.6 Å². The molecule has 0 aliphatic carbocycles. The Morgan fingerprint density at radius 1 is 1.36 bits per heavy atom. The molecular weight excluding hydrogens is 276 g/mol. The Hall–Kier alpha value is -2.04. The fourth-order valence-corrected chi connectivity index (χ4v) is 3.35. The number of hydrogen-bond donors (Lipinski definition) is 0. The van der Waals surface area contributed by atoms with E-state index >= 15 is 0 Å². The summed E-state index contributed by atoms with van der Waals surface area (Å²) in [5.41, 5.74) is 2.96. The van der Waals surface area contributed by atoms with Crippen molar-refractivity contribution in [3.05, 3.63) is 41.5 Å². The van der Waals surface area contributed by atoms with Crippen LogP contribution in [0.5, 0.6) is 0 Å². The zero-order valence-electron chi connectivity index (χ0n) is 13.6. The smallest absolute Gasteiger partial charge is 0.270 e. The number of piperidine rings is 1. The predicted molar refractivity (Wildman–Crippen MR) is 85.8 cm³/mol. The Bertz CT molecular complexity index is 670. The zero-order chi connectivity index (χ0) is 15.7. The lowest BCUT2D eigenvalue weighted by Crippen LogP contribution is -2.46. The number of nitrogens with zero attached hydrogens (tertiary/aromatic N) is 4. The summed E-state index contributed by atoms with van der Waals surface area (Å²) in [5, 5.41) is 4.55. The maximum atomic E-state index is 12.8. The molecule has 0 bridgehead atoms. The van der Waals surface area contributed by atoms with Gasteiger partial charge in [-0.2, -0.15) is 5.10 Å². The fraction of sp³-hybridized carbons (Fsp3) is 0.529. The molecule has 1 fully saturated rings. The highest BCUT2D eigenvalue weighted by Gasteiger charge is 2.29. The molecule has 1 atom stereocenters. The summed E-state index contributed by atoms with van der Waals surface area (Å²) in [4.78, 5) is 14.9. The third-order valence-corrected chi connectivity index (χ3v) is 4.54. The SMILES string of the molecule is Cc1cc(C)n(C[C@@H]2CCCCN2C(=O)c2cccn2C)n1. The molecule has 0 spiro atoms. The molecule has 3 rings (SSSR count).